The average Bonchev–Trinajstić information content (AvgIpc) is 2.83. The number of hydrazine groups is 1. The first-order chi connectivity index (χ1) is 16.3. The molecule has 4 aromatic rings. The third-order valence-electron chi connectivity index (χ3n) is 4.91. The molecular formula is C24H18ClFN4O3S. The molecule has 2 amide bonds. The number of thioether (sulfide) groups is 1. The van der Waals surface area contributed by atoms with Crippen LogP contribution in [0.1, 0.15) is 15.9 Å². The first-order valence-electron chi connectivity index (χ1n) is 10.1. The average molecular weight is 497 g/mol. The summed E-state index contributed by atoms with van der Waals surface area (Å²) in [6.07, 6.45) is 0. The highest BCUT2D eigenvalue weighted by molar-refractivity contribution is 7.99. The molecule has 7 nitrogen and oxygen atoms in total. The Kier molecular flexibility index (Phi) is 6.95. The summed E-state index contributed by atoms with van der Waals surface area (Å²) in [6, 6.07) is 17.4. The fraction of sp³-hybridized carbons (Fsp3) is 0.0833. The van der Waals surface area contributed by atoms with Crippen molar-refractivity contribution in [2.45, 2.75) is 12.1 Å². The number of nitrogens with zero attached hydrogens (tertiary/aromatic N) is 2. The van der Waals surface area contributed by atoms with Gasteiger partial charge in [-0.2, -0.15) is 0 Å². The molecule has 0 fully saturated rings. The summed E-state index contributed by atoms with van der Waals surface area (Å²) in [5.41, 5.74) is 5.78. The molecule has 0 saturated heterocycles. The number of rotatable bonds is 5. The molecule has 0 atom stereocenters. The van der Waals surface area contributed by atoms with Gasteiger partial charge in [0.25, 0.3) is 11.5 Å². The van der Waals surface area contributed by atoms with Gasteiger partial charge < -0.3 is 0 Å². The molecule has 3 aromatic carbocycles. The van der Waals surface area contributed by atoms with Gasteiger partial charge in [-0.3, -0.25) is 29.8 Å². The number of nitrogens with one attached hydrogen (secondary N) is 2. The zero-order valence-electron chi connectivity index (χ0n) is 17.8. The Hall–Kier alpha value is -3.69. The lowest BCUT2D eigenvalue weighted by atomic mass is 10.2. The number of para-hydroxylation sites is 1. The van der Waals surface area contributed by atoms with Crippen LogP contribution >= 0.6 is 23.4 Å². The van der Waals surface area contributed by atoms with E-state index < -0.39 is 17.6 Å². The van der Waals surface area contributed by atoms with E-state index in [1.54, 1.807) is 55.5 Å². The molecule has 0 saturated carbocycles. The van der Waals surface area contributed by atoms with E-state index in [0.717, 1.165) is 11.8 Å². The molecule has 1 aromatic heterocycles. The third kappa shape index (κ3) is 5.11. The van der Waals surface area contributed by atoms with Gasteiger partial charge in [-0.25, -0.2) is 9.37 Å². The van der Waals surface area contributed by atoms with E-state index in [9.17, 15) is 18.8 Å². The third-order valence-corrected chi connectivity index (χ3v) is 6.10. The van der Waals surface area contributed by atoms with Crippen LogP contribution in [0.2, 0.25) is 5.02 Å². The van der Waals surface area contributed by atoms with Gasteiger partial charge in [0.1, 0.15) is 5.82 Å². The van der Waals surface area contributed by atoms with E-state index >= 15 is 0 Å². The Morgan fingerprint density at radius 3 is 2.53 bits per heavy atom. The highest BCUT2D eigenvalue weighted by Gasteiger charge is 2.16. The molecule has 0 bridgehead atoms. The zero-order chi connectivity index (χ0) is 24.2. The van der Waals surface area contributed by atoms with Crippen molar-refractivity contribution >= 4 is 46.1 Å². The maximum absolute atomic E-state index is 14.2. The highest BCUT2D eigenvalue weighted by Crippen LogP contribution is 2.22. The van der Waals surface area contributed by atoms with Crippen LogP contribution < -0.4 is 16.4 Å². The van der Waals surface area contributed by atoms with Gasteiger partial charge in [-0.15, -0.1) is 0 Å². The standard InChI is InChI=1S/C24H18ClFN4O3S/c1-14-6-11-17(12-19(14)26)30-23(33)18-4-2-3-5-20(18)27-24(30)34-13-21(31)28-29-22(32)15-7-9-16(25)10-8-15/h2-12H,13H2,1H3,(H,28,31)(H,29,32). The van der Waals surface area contributed by atoms with Crippen LogP contribution in [0.4, 0.5) is 4.39 Å². The van der Waals surface area contributed by atoms with E-state index in [-0.39, 0.29) is 16.5 Å². The van der Waals surface area contributed by atoms with E-state index in [1.807, 2.05) is 0 Å². The Morgan fingerprint density at radius 1 is 1.06 bits per heavy atom. The van der Waals surface area contributed by atoms with Crippen molar-refractivity contribution in [1.29, 1.82) is 0 Å². The first-order valence-corrected chi connectivity index (χ1v) is 11.5. The normalized spacial score (nSPS) is 10.8. The van der Waals surface area contributed by atoms with Gasteiger partial charge in [0, 0.05) is 10.6 Å². The molecular weight excluding hydrogens is 479 g/mol. The first kappa shape index (κ1) is 23.5. The van der Waals surface area contributed by atoms with Crippen molar-refractivity contribution < 1.29 is 14.0 Å². The number of carbonyl (C=O) groups is 2. The summed E-state index contributed by atoms with van der Waals surface area (Å²) in [5.74, 6) is -1.64. The topological polar surface area (TPSA) is 93.1 Å². The number of amides is 2. The fourth-order valence-corrected chi connectivity index (χ4v) is 4.06. The van der Waals surface area contributed by atoms with E-state index in [0.29, 0.717) is 32.7 Å². The van der Waals surface area contributed by atoms with E-state index in [2.05, 4.69) is 15.8 Å². The van der Waals surface area contributed by atoms with Crippen LogP contribution in [0.5, 0.6) is 0 Å². The van der Waals surface area contributed by atoms with E-state index in [1.165, 1.54) is 22.8 Å². The number of aromatic nitrogens is 2. The SMILES string of the molecule is Cc1ccc(-n2c(SCC(=O)NNC(=O)c3ccc(Cl)cc3)nc3ccccc3c2=O)cc1F. The number of benzene rings is 3. The number of hydrogen-bond acceptors (Lipinski definition) is 5. The zero-order valence-corrected chi connectivity index (χ0v) is 19.4. The van der Waals surface area contributed by atoms with Crippen LogP contribution in [-0.2, 0) is 4.79 Å². The minimum atomic E-state index is -0.517. The summed E-state index contributed by atoms with van der Waals surface area (Å²) in [5, 5.41) is 1.07. The smallest absolute Gasteiger partial charge is 0.269 e. The molecule has 0 radical (unpaired) electrons. The monoisotopic (exact) mass is 496 g/mol. The number of halogens is 2. The number of carbonyl (C=O) groups excluding carboxylic acids is 2. The van der Waals surface area contributed by atoms with Crippen LogP contribution in [0.3, 0.4) is 0 Å². The number of aryl methyl sites for hydroxylation is 1. The molecule has 0 aliphatic heterocycles. The lowest BCUT2D eigenvalue weighted by Crippen LogP contribution is -2.42. The Bertz CT molecular complexity index is 1460. The summed E-state index contributed by atoms with van der Waals surface area (Å²) in [7, 11) is 0. The van der Waals surface area contributed by atoms with Crippen LogP contribution in [-0.4, -0.2) is 27.1 Å². The van der Waals surface area contributed by atoms with E-state index in [4.69, 9.17) is 11.6 Å². The number of hydrogen-bond donors (Lipinski definition) is 2. The largest absolute Gasteiger partial charge is 0.272 e. The Morgan fingerprint density at radius 2 is 1.79 bits per heavy atom. The number of fused-ring (bicyclic) bond motifs is 1. The van der Waals surface area contributed by atoms with Gasteiger partial charge in [-0.1, -0.05) is 41.6 Å². The van der Waals surface area contributed by atoms with Crippen LogP contribution in [0.15, 0.2) is 76.7 Å². The predicted molar refractivity (Wildman–Crippen MR) is 130 cm³/mol. The lowest BCUT2D eigenvalue weighted by molar-refractivity contribution is -0.119. The van der Waals surface area contributed by atoms with Crippen molar-refractivity contribution in [1.82, 2.24) is 20.4 Å². The fourth-order valence-electron chi connectivity index (χ4n) is 3.12. The maximum atomic E-state index is 14.2. The van der Waals surface area contributed by atoms with Crippen molar-refractivity contribution in [3.63, 3.8) is 0 Å². The van der Waals surface area contributed by atoms with Gasteiger partial charge in [0.05, 0.1) is 22.3 Å². The van der Waals surface area contributed by atoms with Gasteiger partial charge in [0.2, 0.25) is 5.91 Å². The van der Waals surface area contributed by atoms with Crippen molar-refractivity contribution in [2.24, 2.45) is 0 Å². The second-order valence-corrected chi connectivity index (χ2v) is 8.66. The Balaban J connectivity index is 1.55. The molecule has 172 valence electrons. The molecule has 10 heteroatoms. The van der Waals surface area contributed by atoms with Crippen molar-refractivity contribution in [2.75, 3.05) is 5.75 Å². The molecule has 0 aliphatic rings. The molecule has 1 heterocycles. The van der Waals surface area contributed by atoms with Crippen molar-refractivity contribution in [3.05, 3.63) is 99.1 Å². The molecule has 2 N–H and O–H groups in total. The summed E-state index contributed by atoms with van der Waals surface area (Å²) in [4.78, 5) is 42.2. The quantitative estimate of drug-likeness (QED) is 0.247. The predicted octanol–water partition coefficient (Wildman–Crippen LogP) is 4.04. The highest BCUT2D eigenvalue weighted by atomic mass is 35.5. The van der Waals surface area contributed by atoms with Gasteiger partial charge in [-0.05, 0) is 61.0 Å². The summed E-state index contributed by atoms with van der Waals surface area (Å²) >= 11 is 6.80. The molecule has 0 aliphatic carbocycles. The lowest BCUT2D eigenvalue weighted by Gasteiger charge is -2.14. The van der Waals surface area contributed by atoms with Gasteiger partial charge >= 0.3 is 0 Å². The maximum Gasteiger partial charge on any atom is 0.269 e. The minimum Gasteiger partial charge on any atom is -0.272 e. The molecule has 0 unspecified atom stereocenters. The molecule has 34 heavy (non-hydrogen) atoms. The summed E-state index contributed by atoms with van der Waals surface area (Å²) < 4.78 is 15.5. The Labute approximate surface area is 202 Å². The van der Waals surface area contributed by atoms with Gasteiger partial charge in [0.15, 0.2) is 5.16 Å². The molecule has 0 spiro atoms. The van der Waals surface area contributed by atoms with Crippen LogP contribution in [0.25, 0.3) is 16.6 Å². The minimum absolute atomic E-state index is 0.153. The molecule has 4 rings (SSSR count). The second-order valence-electron chi connectivity index (χ2n) is 7.28. The van der Waals surface area contributed by atoms with Crippen molar-refractivity contribution in [3.8, 4) is 5.69 Å². The summed E-state index contributed by atoms with van der Waals surface area (Å²) in [6.45, 7) is 1.62. The van der Waals surface area contributed by atoms with Crippen LogP contribution in [0, 0.1) is 12.7 Å². The second kappa shape index (κ2) is 10.1.